The molecule has 0 heterocycles. The summed E-state index contributed by atoms with van der Waals surface area (Å²) in [5.74, 6) is 0.640. The molecule has 0 aliphatic heterocycles. The summed E-state index contributed by atoms with van der Waals surface area (Å²) in [5.41, 5.74) is 2.13. The highest BCUT2D eigenvalue weighted by Crippen LogP contribution is 2.30. The van der Waals surface area contributed by atoms with Crippen molar-refractivity contribution in [2.24, 2.45) is 0 Å². The lowest BCUT2D eigenvalue weighted by atomic mass is 10.1. The number of amides is 1. The van der Waals surface area contributed by atoms with Gasteiger partial charge < -0.3 is 14.8 Å². The predicted molar refractivity (Wildman–Crippen MR) is 90.1 cm³/mol. The van der Waals surface area contributed by atoms with Crippen molar-refractivity contribution in [3.63, 3.8) is 0 Å². The smallest absolute Gasteiger partial charge is 0.271 e. The van der Waals surface area contributed by atoms with Crippen molar-refractivity contribution in [3.8, 4) is 11.5 Å². The molecular weight excluding hydrogens is 312 g/mol. The first-order valence-electron chi connectivity index (χ1n) is 7.16. The van der Waals surface area contributed by atoms with Gasteiger partial charge in [0, 0.05) is 23.3 Å². The number of ether oxygens (including phenoxy) is 2. The maximum atomic E-state index is 12.5. The number of anilines is 1. The first-order chi connectivity index (χ1) is 11.4. The highest BCUT2D eigenvalue weighted by molar-refractivity contribution is 6.05. The first-order valence-corrected chi connectivity index (χ1v) is 7.16. The van der Waals surface area contributed by atoms with Crippen LogP contribution in [0.1, 0.15) is 21.5 Å². The van der Waals surface area contributed by atoms with E-state index in [1.165, 1.54) is 26.4 Å². The van der Waals surface area contributed by atoms with E-state index in [2.05, 4.69) is 5.32 Å². The molecule has 126 valence electrons. The number of carbonyl (C=O) groups excluding carboxylic acids is 1. The van der Waals surface area contributed by atoms with Gasteiger partial charge in [0.1, 0.15) is 11.5 Å². The van der Waals surface area contributed by atoms with Crippen molar-refractivity contribution in [1.29, 1.82) is 0 Å². The summed E-state index contributed by atoms with van der Waals surface area (Å²) in [7, 11) is 3.02. The van der Waals surface area contributed by atoms with Gasteiger partial charge in [0.2, 0.25) is 0 Å². The molecule has 0 aliphatic carbocycles. The molecule has 7 heteroatoms. The third-order valence-corrected chi connectivity index (χ3v) is 3.69. The minimum absolute atomic E-state index is 0.0880. The maximum absolute atomic E-state index is 12.5. The molecule has 0 aliphatic rings. The Hall–Kier alpha value is -3.09. The number of aryl methyl sites for hydroxylation is 1. The van der Waals surface area contributed by atoms with Gasteiger partial charge in [0.25, 0.3) is 11.6 Å². The topological polar surface area (TPSA) is 90.7 Å². The number of rotatable bonds is 5. The highest BCUT2D eigenvalue weighted by atomic mass is 16.6. The number of carbonyl (C=O) groups is 1. The minimum Gasteiger partial charge on any atom is -0.496 e. The highest BCUT2D eigenvalue weighted by Gasteiger charge is 2.16. The molecule has 24 heavy (non-hydrogen) atoms. The molecule has 0 saturated carbocycles. The van der Waals surface area contributed by atoms with Crippen molar-refractivity contribution >= 4 is 17.3 Å². The molecule has 2 aromatic carbocycles. The number of nitro benzene ring substituents is 1. The molecule has 1 N–H and O–H groups in total. The molecular formula is C17H18N2O5. The molecule has 0 atom stereocenters. The summed E-state index contributed by atoms with van der Waals surface area (Å²) >= 11 is 0. The van der Waals surface area contributed by atoms with Gasteiger partial charge in [-0.3, -0.25) is 14.9 Å². The number of hydrogen-bond acceptors (Lipinski definition) is 5. The van der Waals surface area contributed by atoms with Gasteiger partial charge in [-0.05, 0) is 31.5 Å². The Morgan fingerprint density at radius 2 is 1.67 bits per heavy atom. The fourth-order valence-corrected chi connectivity index (χ4v) is 2.27. The quantitative estimate of drug-likeness (QED) is 0.669. The predicted octanol–water partition coefficient (Wildman–Crippen LogP) is 3.48. The zero-order valence-corrected chi connectivity index (χ0v) is 13.9. The van der Waals surface area contributed by atoms with Crippen molar-refractivity contribution in [3.05, 3.63) is 57.1 Å². The summed E-state index contributed by atoms with van der Waals surface area (Å²) in [4.78, 5) is 22.9. The number of non-ortho nitro benzene ring substituents is 1. The average molecular weight is 330 g/mol. The number of methoxy groups -OCH3 is 2. The zero-order chi connectivity index (χ0) is 17.9. The van der Waals surface area contributed by atoms with E-state index in [1.807, 2.05) is 6.92 Å². The van der Waals surface area contributed by atoms with E-state index >= 15 is 0 Å². The number of benzene rings is 2. The fraction of sp³-hybridized carbons (Fsp3) is 0.235. The van der Waals surface area contributed by atoms with E-state index in [0.29, 0.717) is 22.7 Å². The molecule has 1 amide bonds. The van der Waals surface area contributed by atoms with Crippen LogP contribution in [-0.2, 0) is 0 Å². The summed E-state index contributed by atoms with van der Waals surface area (Å²) < 4.78 is 10.5. The number of hydrogen-bond donors (Lipinski definition) is 1. The van der Waals surface area contributed by atoms with Gasteiger partial charge in [-0.15, -0.1) is 0 Å². The van der Waals surface area contributed by atoms with Crippen LogP contribution in [0.25, 0.3) is 0 Å². The van der Waals surface area contributed by atoms with E-state index in [9.17, 15) is 14.9 Å². The molecule has 0 aromatic heterocycles. The summed E-state index contributed by atoms with van der Waals surface area (Å²) in [5, 5.41) is 13.6. The van der Waals surface area contributed by atoms with Crippen molar-refractivity contribution in [1.82, 2.24) is 0 Å². The zero-order valence-electron chi connectivity index (χ0n) is 13.9. The van der Waals surface area contributed by atoms with E-state index in [4.69, 9.17) is 9.47 Å². The number of nitrogens with one attached hydrogen (secondary N) is 1. The Kier molecular flexibility index (Phi) is 5.03. The van der Waals surface area contributed by atoms with Gasteiger partial charge in [-0.1, -0.05) is 6.07 Å². The maximum Gasteiger partial charge on any atom is 0.271 e. The van der Waals surface area contributed by atoms with Crippen LogP contribution in [0.3, 0.4) is 0 Å². The van der Waals surface area contributed by atoms with Gasteiger partial charge in [0.15, 0.2) is 0 Å². The molecule has 0 saturated heterocycles. The van der Waals surface area contributed by atoms with Gasteiger partial charge >= 0.3 is 0 Å². The fourth-order valence-electron chi connectivity index (χ4n) is 2.27. The molecule has 0 unspecified atom stereocenters. The number of nitro groups is 1. The van der Waals surface area contributed by atoms with Gasteiger partial charge in [-0.2, -0.15) is 0 Å². The van der Waals surface area contributed by atoms with Crippen molar-refractivity contribution in [2.45, 2.75) is 13.8 Å². The van der Waals surface area contributed by atoms with Gasteiger partial charge in [0.05, 0.1) is 24.8 Å². The normalized spacial score (nSPS) is 10.2. The lowest BCUT2D eigenvalue weighted by Crippen LogP contribution is -2.13. The van der Waals surface area contributed by atoms with Crippen molar-refractivity contribution in [2.75, 3.05) is 19.5 Å². The van der Waals surface area contributed by atoms with Crippen molar-refractivity contribution < 1.29 is 19.2 Å². The molecule has 0 bridgehead atoms. The molecule has 0 spiro atoms. The average Bonchev–Trinajstić information content (AvgIpc) is 2.56. The molecule has 7 nitrogen and oxygen atoms in total. The summed E-state index contributed by atoms with van der Waals surface area (Å²) in [6.07, 6.45) is 0. The van der Waals surface area contributed by atoms with E-state index in [1.54, 1.807) is 25.1 Å². The third-order valence-electron chi connectivity index (χ3n) is 3.69. The van der Waals surface area contributed by atoms with Gasteiger partial charge in [-0.25, -0.2) is 0 Å². The summed E-state index contributed by atoms with van der Waals surface area (Å²) in [6.45, 7) is 3.58. The second-order valence-corrected chi connectivity index (χ2v) is 5.22. The molecule has 0 fully saturated rings. The Balaban J connectivity index is 2.37. The Morgan fingerprint density at radius 1 is 1.08 bits per heavy atom. The van der Waals surface area contributed by atoms with E-state index in [-0.39, 0.29) is 5.69 Å². The lowest BCUT2D eigenvalue weighted by molar-refractivity contribution is -0.384. The van der Waals surface area contributed by atoms with Crippen LogP contribution in [-0.4, -0.2) is 25.1 Å². The van der Waals surface area contributed by atoms with E-state index in [0.717, 1.165) is 11.1 Å². The van der Waals surface area contributed by atoms with Crippen LogP contribution in [0.5, 0.6) is 11.5 Å². The largest absolute Gasteiger partial charge is 0.496 e. The Morgan fingerprint density at radius 3 is 2.17 bits per heavy atom. The molecule has 2 rings (SSSR count). The SMILES string of the molecule is COc1cc(C(=O)Nc2cc([N+](=O)[O-])ccc2C)cc(OC)c1C. The molecule has 2 aromatic rings. The standard InChI is InChI=1S/C17H18N2O5/c1-10-5-6-13(19(21)22)9-14(10)18-17(20)12-7-15(23-3)11(2)16(8-12)24-4/h5-9H,1-4H3,(H,18,20). The molecule has 0 radical (unpaired) electrons. The Labute approximate surface area is 139 Å². The van der Waals surface area contributed by atoms with Crippen LogP contribution >= 0.6 is 0 Å². The second-order valence-electron chi connectivity index (χ2n) is 5.22. The summed E-state index contributed by atoms with van der Waals surface area (Å²) in [6, 6.07) is 7.50. The third kappa shape index (κ3) is 3.45. The van der Waals surface area contributed by atoms with E-state index < -0.39 is 10.8 Å². The van der Waals surface area contributed by atoms with Crippen LogP contribution < -0.4 is 14.8 Å². The first kappa shape index (κ1) is 17.3. The lowest BCUT2D eigenvalue weighted by Gasteiger charge is -2.13. The monoisotopic (exact) mass is 330 g/mol. The van der Waals surface area contributed by atoms with Crippen LogP contribution in [0.4, 0.5) is 11.4 Å². The second kappa shape index (κ2) is 6.99. The Bertz CT molecular complexity index is 777. The van der Waals surface area contributed by atoms with Crippen LogP contribution in [0.15, 0.2) is 30.3 Å². The number of nitrogens with zero attached hydrogens (tertiary/aromatic N) is 1. The van der Waals surface area contributed by atoms with Crippen LogP contribution in [0.2, 0.25) is 0 Å². The van der Waals surface area contributed by atoms with Crippen LogP contribution in [0, 0.1) is 24.0 Å². The minimum atomic E-state index is -0.507.